The van der Waals surface area contributed by atoms with Gasteiger partial charge in [-0.1, -0.05) is 6.07 Å². The second-order valence-corrected chi connectivity index (χ2v) is 7.95. The van der Waals surface area contributed by atoms with Gasteiger partial charge in [0.1, 0.15) is 5.82 Å². The first-order chi connectivity index (χ1) is 13.7. The molecule has 1 saturated heterocycles. The predicted octanol–water partition coefficient (Wildman–Crippen LogP) is 4.41. The van der Waals surface area contributed by atoms with Gasteiger partial charge in [-0.3, -0.25) is 14.7 Å². The van der Waals surface area contributed by atoms with Crippen LogP contribution in [0.25, 0.3) is 11.1 Å². The highest BCUT2D eigenvalue weighted by molar-refractivity contribution is 5.94. The molecule has 154 valence electrons. The fourth-order valence-electron chi connectivity index (χ4n) is 4.60. The SMILES string of the molecule is Cc1ccc(NC(=O)[C@@H]2C[C@H]3C[C@@H]2CN3CC(F)(F)F)cc1-c1cncc(F)c1. The van der Waals surface area contributed by atoms with Gasteiger partial charge in [-0.15, -0.1) is 0 Å². The number of amides is 1. The molecule has 1 amide bonds. The third-order valence-electron chi connectivity index (χ3n) is 5.90. The van der Waals surface area contributed by atoms with E-state index in [4.69, 9.17) is 0 Å². The Labute approximate surface area is 165 Å². The van der Waals surface area contributed by atoms with E-state index in [-0.39, 0.29) is 23.8 Å². The van der Waals surface area contributed by atoms with E-state index in [2.05, 4.69) is 10.3 Å². The van der Waals surface area contributed by atoms with Gasteiger partial charge in [-0.25, -0.2) is 4.39 Å². The van der Waals surface area contributed by atoms with Crippen LogP contribution in [0.4, 0.5) is 23.2 Å². The number of benzene rings is 1. The first-order valence-corrected chi connectivity index (χ1v) is 9.53. The molecule has 1 saturated carbocycles. The van der Waals surface area contributed by atoms with Gasteiger partial charge in [0, 0.05) is 36.0 Å². The first kappa shape index (κ1) is 19.8. The van der Waals surface area contributed by atoms with Crippen LogP contribution in [-0.2, 0) is 4.79 Å². The number of aryl methyl sites for hydroxylation is 1. The molecule has 8 heteroatoms. The molecule has 2 bridgehead atoms. The molecule has 1 aliphatic heterocycles. The van der Waals surface area contributed by atoms with Crippen molar-refractivity contribution in [3.8, 4) is 11.1 Å². The van der Waals surface area contributed by atoms with Gasteiger partial charge in [0.25, 0.3) is 0 Å². The third kappa shape index (κ3) is 4.27. The van der Waals surface area contributed by atoms with Gasteiger partial charge < -0.3 is 5.32 Å². The van der Waals surface area contributed by atoms with E-state index in [1.165, 1.54) is 11.0 Å². The predicted molar refractivity (Wildman–Crippen MR) is 101 cm³/mol. The number of carbonyl (C=O) groups is 1. The van der Waals surface area contributed by atoms with E-state index in [0.29, 0.717) is 30.6 Å². The summed E-state index contributed by atoms with van der Waals surface area (Å²) in [6, 6.07) is 6.57. The smallest absolute Gasteiger partial charge is 0.326 e. The van der Waals surface area contributed by atoms with Crippen LogP contribution in [0.15, 0.2) is 36.7 Å². The number of hydrogen-bond acceptors (Lipinski definition) is 3. The van der Waals surface area contributed by atoms with Gasteiger partial charge in [-0.2, -0.15) is 13.2 Å². The van der Waals surface area contributed by atoms with E-state index in [9.17, 15) is 22.4 Å². The van der Waals surface area contributed by atoms with Crippen molar-refractivity contribution in [1.29, 1.82) is 0 Å². The Morgan fingerprint density at radius 3 is 2.69 bits per heavy atom. The highest BCUT2D eigenvalue weighted by atomic mass is 19.4. The summed E-state index contributed by atoms with van der Waals surface area (Å²) in [5.41, 5.74) is 2.87. The summed E-state index contributed by atoms with van der Waals surface area (Å²) >= 11 is 0. The average molecular weight is 407 g/mol. The van der Waals surface area contributed by atoms with E-state index in [1.807, 2.05) is 13.0 Å². The van der Waals surface area contributed by atoms with Crippen molar-refractivity contribution in [1.82, 2.24) is 9.88 Å². The van der Waals surface area contributed by atoms with Crippen LogP contribution in [0.1, 0.15) is 18.4 Å². The fourth-order valence-corrected chi connectivity index (χ4v) is 4.60. The van der Waals surface area contributed by atoms with Crippen LogP contribution in [0.5, 0.6) is 0 Å². The summed E-state index contributed by atoms with van der Waals surface area (Å²) in [5, 5.41) is 2.89. The molecule has 4 nitrogen and oxygen atoms in total. The Kier molecular flexibility index (Phi) is 5.06. The molecule has 0 unspecified atom stereocenters. The van der Waals surface area contributed by atoms with Crippen LogP contribution in [0, 0.1) is 24.6 Å². The van der Waals surface area contributed by atoms with Crippen molar-refractivity contribution >= 4 is 11.6 Å². The second-order valence-electron chi connectivity index (χ2n) is 7.95. The molecule has 0 spiro atoms. The number of pyridine rings is 1. The van der Waals surface area contributed by atoms with E-state index >= 15 is 0 Å². The molecule has 4 rings (SSSR count). The zero-order valence-corrected chi connectivity index (χ0v) is 15.8. The summed E-state index contributed by atoms with van der Waals surface area (Å²) in [5.74, 6) is -0.956. The highest BCUT2D eigenvalue weighted by Crippen LogP contribution is 2.43. The number of alkyl halides is 3. The summed E-state index contributed by atoms with van der Waals surface area (Å²) in [6.07, 6.45) is -0.461. The van der Waals surface area contributed by atoms with Gasteiger partial charge in [0.15, 0.2) is 0 Å². The number of halogens is 4. The molecule has 2 aliphatic rings. The lowest BCUT2D eigenvalue weighted by Crippen LogP contribution is -2.43. The zero-order valence-electron chi connectivity index (χ0n) is 15.8. The molecule has 1 aliphatic carbocycles. The number of carbonyl (C=O) groups excluding carboxylic acids is 1. The highest BCUT2D eigenvalue weighted by Gasteiger charge is 2.49. The summed E-state index contributed by atoms with van der Waals surface area (Å²) in [6.45, 7) is 1.28. The molecule has 2 fully saturated rings. The lowest BCUT2D eigenvalue weighted by molar-refractivity contribution is -0.150. The molecule has 0 radical (unpaired) electrons. The number of hydrogen-bond donors (Lipinski definition) is 1. The van der Waals surface area contributed by atoms with Crippen LogP contribution in [-0.4, -0.2) is 41.1 Å². The number of rotatable bonds is 4. The lowest BCUT2D eigenvalue weighted by Gasteiger charge is -2.31. The van der Waals surface area contributed by atoms with E-state index in [1.54, 1.807) is 18.3 Å². The maximum atomic E-state index is 13.5. The lowest BCUT2D eigenvalue weighted by atomic mass is 9.93. The number of anilines is 1. The molecular weight excluding hydrogens is 386 g/mol. The number of nitrogens with one attached hydrogen (secondary N) is 1. The number of aromatic nitrogens is 1. The quantitative estimate of drug-likeness (QED) is 0.764. The third-order valence-corrected chi connectivity index (χ3v) is 5.90. The Morgan fingerprint density at radius 1 is 1.24 bits per heavy atom. The summed E-state index contributed by atoms with van der Waals surface area (Å²) in [4.78, 5) is 18.1. The molecule has 3 atom stereocenters. The molecule has 2 aromatic rings. The van der Waals surface area contributed by atoms with Crippen molar-refractivity contribution in [2.45, 2.75) is 32.0 Å². The Morgan fingerprint density at radius 2 is 2.03 bits per heavy atom. The number of nitrogens with zero attached hydrogens (tertiary/aromatic N) is 2. The van der Waals surface area contributed by atoms with Gasteiger partial charge in [-0.05, 0) is 55.0 Å². The van der Waals surface area contributed by atoms with Crippen LogP contribution < -0.4 is 5.32 Å². The van der Waals surface area contributed by atoms with E-state index < -0.39 is 18.5 Å². The van der Waals surface area contributed by atoms with Crippen molar-refractivity contribution in [2.75, 3.05) is 18.4 Å². The second kappa shape index (κ2) is 7.40. The molecular formula is C21H21F4N3O. The van der Waals surface area contributed by atoms with Crippen LogP contribution in [0.2, 0.25) is 0 Å². The number of likely N-dealkylation sites (tertiary alicyclic amines) is 1. The largest absolute Gasteiger partial charge is 0.401 e. The average Bonchev–Trinajstić information content (AvgIpc) is 3.22. The summed E-state index contributed by atoms with van der Waals surface area (Å²) in [7, 11) is 0. The van der Waals surface area contributed by atoms with Crippen molar-refractivity contribution in [3.05, 3.63) is 48.0 Å². The van der Waals surface area contributed by atoms with Gasteiger partial charge >= 0.3 is 6.18 Å². The minimum Gasteiger partial charge on any atom is -0.326 e. The molecule has 1 aromatic heterocycles. The van der Waals surface area contributed by atoms with Crippen molar-refractivity contribution in [3.63, 3.8) is 0 Å². The van der Waals surface area contributed by atoms with E-state index in [0.717, 1.165) is 17.3 Å². The maximum absolute atomic E-state index is 13.5. The van der Waals surface area contributed by atoms with Crippen LogP contribution in [0.3, 0.4) is 0 Å². The normalized spacial score (nSPS) is 24.1. The molecule has 29 heavy (non-hydrogen) atoms. The minimum atomic E-state index is -4.22. The van der Waals surface area contributed by atoms with Crippen molar-refractivity contribution < 1.29 is 22.4 Å². The summed E-state index contributed by atoms with van der Waals surface area (Å²) < 4.78 is 51.5. The zero-order chi connectivity index (χ0) is 20.8. The minimum absolute atomic E-state index is 0.0558. The van der Waals surface area contributed by atoms with Crippen molar-refractivity contribution in [2.24, 2.45) is 11.8 Å². The monoisotopic (exact) mass is 407 g/mol. The topological polar surface area (TPSA) is 45.2 Å². The Balaban J connectivity index is 1.45. The standard InChI is InChI=1S/C21H21F4N3O/c1-12-2-3-16(6-18(12)13-4-15(22)9-26-8-13)27-20(29)19-7-17-5-14(19)10-28(17)11-21(23,24)25/h2-4,6,8-9,14,17,19H,5,7,10-11H2,1H3,(H,27,29)/t14-,17-,19-/m1/s1. The Bertz CT molecular complexity index is 930. The van der Waals surface area contributed by atoms with Crippen LogP contribution >= 0.6 is 0 Å². The first-order valence-electron chi connectivity index (χ1n) is 9.53. The van der Waals surface area contributed by atoms with Gasteiger partial charge in [0.2, 0.25) is 5.91 Å². The fraction of sp³-hybridized carbons (Fsp3) is 0.429. The maximum Gasteiger partial charge on any atom is 0.401 e. The molecule has 2 heterocycles. The van der Waals surface area contributed by atoms with Gasteiger partial charge in [0.05, 0.1) is 12.7 Å². The number of fused-ring (bicyclic) bond motifs is 2. The molecule has 1 N–H and O–H groups in total. The Hall–Kier alpha value is -2.48. The molecule has 1 aromatic carbocycles. The number of piperidine rings is 1.